The monoisotopic (exact) mass is 476 g/mol. The summed E-state index contributed by atoms with van der Waals surface area (Å²) in [5.74, 6) is 0.424. The van der Waals surface area contributed by atoms with E-state index in [2.05, 4.69) is 20.2 Å². The number of methoxy groups -OCH3 is 2. The summed E-state index contributed by atoms with van der Waals surface area (Å²) in [7, 11) is -0.843. The number of nitrogens with one attached hydrogen (secondary N) is 2. The van der Waals surface area contributed by atoms with E-state index in [1.165, 1.54) is 30.6 Å². The van der Waals surface area contributed by atoms with Gasteiger partial charge in [0.25, 0.3) is 0 Å². The van der Waals surface area contributed by atoms with Crippen molar-refractivity contribution in [3.05, 3.63) is 48.5 Å². The SMILES string of the molecule is COc1ccc(-c2nnc(NC(=O)[C@H](NS(=O)(=O)c3ccc(OC)cc3)C(C)C)s2)cc1. The van der Waals surface area contributed by atoms with Crippen molar-refractivity contribution >= 4 is 32.4 Å². The van der Waals surface area contributed by atoms with Gasteiger partial charge >= 0.3 is 0 Å². The van der Waals surface area contributed by atoms with Crippen molar-refractivity contribution in [2.24, 2.45) is 5.92 Å². The third kappa shape index (κ3) is 5.61. The number of hydrogen-bond acceptors (Lipinski definition) is 8. The lowest BCUT2D eigenvalue weighted by atomic mass is 10.1. The van der Waals surface area contributed by atoms with Crippen molar-refractivity contribution in [1.82, 2.24) is 14.9 Å². The maximum absolute atomic E-state index is 12.9. The standard InChI is InChI=1S/C21H24N4O5S2/c1-13(2)18(25-32(27,28)17-11-9-16(30-4)10-12-17)19(26)22-21-24-23-20(31-21)14-5-7-15(29-3)8-6-14/h5-13,18,25H,1-4H3,(H,22,24,26)/t18-/m1/s1. The number of amides is 1. The van der Waals surface area contributed by atoms with Gasteiger partial charge in [-0.15, -0.1) is 10.2 Å². The van der Waals surface area contributed by atoms with Crippen LogP contribution in [0.2, 0.25) is 0 Å². The van der Waals surface area contributed by atoms with Crippen LogP contribution in [0.15, 0.2) is 53.4 Å². The topological polar surface area (TPSA) is 120 Å². The van der Waals surface area contributed by atoms with Crippen molar-refractivity contribution in [2.45, 2.75) is 24.8 Å². The zero-order valence-corrected chi connectivity index (χ0v) is 19.7. The lowest BCUT2D eigenvalue weighted by Gasteiger charge is -2.21. The molecule has 0 radical (unpaired) electrons. The molecule has 2 N–H and O–H groups in total. The van der Waals surface area contributed by atoms with E-state index in [4.69, 9.17) is 9.47 Å². The molecule has 1 aromatic heterocycles. The fourth-order valence-electron chi connectivity index (χ4n) is 2.79. The molecule has 0 bridgehead atoms. The smallest absolute Gasteiger partial charge is 0.244 e. The fraction of sp³-hybridized carbons (Fsp3) is 0.286. The lowest BCUT2D eigenvalue weighted by Crippen LogP contribution is -2.47. The summed E-state index contributed by atoms with van der Waals surface area (Å²) in [4.78, 5) is 12.9. The van der Waals surface area contributed by atoms with Crippen LogP contribution in [0.25, 0.3) is 10.6 Å². The number of nitrogens with zero attached hydrogens (tertiary/aromatic N) is 2. The van der Waals surface area contributed by atoms with Gasteiger partial charge < -0.3 is 9.47 Å². The van der Waals surface area contributed by atoms with Gasteiger partial charge in [-0.1, -0.05) is 25.2 Å². The Kier molecular flexibility index (Phi) is 7.44. The summed E-state index contributed by atoms with van der Waals surface area (Å²) in [5.41, 5.74) is 0.824. The van der Waals surface area contributed by atoms with Crippen molar-refractivity contribution in [3.8, 4) is 22.1 Å². The van der Waals surface area contributed by atoms with Gasteiger partial charge in [-0.25, -0.2) is 8.42 Å². The first-order valence-corrected chi connectivity index (χ1v) is 12.0. The van der Waals surface area contributed by atoms with Gasteiger partial charge in [-0.2, -0.15) is 4.72 Å². The Bertz CT molecular complexity index is 1160. The number of benzene rings is 2. The molecule has 1 atom stereocenters. The molecule has 0 aliphatic carbocycles. The fourth-order valence-corrected chi connectivity index (χ4v) is 4.89. The Hall–Kier alpha value is -3.02. The van der Waals surface area contributed by atoms with Crippen LogP contribution in [-0.2, 0) is 14.8 Å². The number of hydrogen-bond donors (Lipinski definition) is 2. The highest BCUT2D eigenvalue weighted by molar-refractivity contribution is 7.89. The molecule has 1 amide bonds. The van der Waals surface area contributed by atoms with Crippen molar-refractivity contribution in [1.29, 1.82) is 0 Å². The highest BCUT2D eigenvalue weighted by Crippen LogP contribution is 2.28. The van der Waals surface area contributed by atoms with E-state index >= 15 is 0 Å². The molecule has 32 heavy (non-hydrogen) atoms. The van der Waals surface area contributed by atoms with Crippen LogP contribution in [0.1, 0.15) is 13.8 Å². The van der Waals surface area contributed by atoms with Crippen molar-refractivity contribution < 1.29 is 22.7 Å². The minimum absolute atomic E-state index is 0.0365. The Morgan fingerprint density at radius 2 is 1.50 bits per heavy atom. The van der Waals surface area contributed by atoms with Gasteiger partial charge in [-0.3, -0.25) is 10.1 Å². The number of carbonyl (C=O) groups excluding carboxylic acids is 1. The molecule has 11 heteroatoms. The predicted molar refractivity (Wildman–Crippen MR) is 122 cm³/mol. The van der Waals surface area contributed by atoms with Crippen LogP contribution < -0.4 is 19.5 Å². The average Bonchev–Trinajstić information content (AvgIpc) is 3.25. The van der Waals surface area contributed by atoms with Crippen LogP contribution >= 0.6 is 11.3 Å². The lowest BCUT2D eigenvalue weighted by molar-refractivity contribution is -0.118. The van der Waals surface area contributed by atoms with Gasteiger partial charge in [-0.05, 0) is 54.4 Å². The summed E-state index contributed by atoms with van der Waals surface area (Å²) < 4.78 is 38.2. The third-order valence-electron chi connectivity index (χ3n) is 4.59. The van der Waals surface area contributed by atoms with Gasteiger partial charge in [0.1, 0.15) is 22.5 Å². The van der Waals surface area contributed by atoms with E-state index < -0.39 is 22.0 Å². The molecule has 0 aliphatic rings. The summed E-state index contributed by atoms with van der Waals surface area (Å²) in [6.07, 6.45) is 0. The van der Waals surface area contributed by atoms with E-state index in [1.807, 2.05) is 12.1 Å². The first-order valence-electron chi connectivity index (χ1n) is 9.68. The van der Waals surface area contributed by atoms with E-state index in [1.54, 1.807) is 45.2 Å². The Balaban J connectivity index is 1.73. The third-order valence-corrected chi connectivity index (χ3v) is 6.94. The second-order valence-corrected chi connectivity index (χ2v) is 9.84. The second-order valence-electron chi connectivity index (χ2n) is 7.15. The van der Waals surface area contributed by atoms with E-state index in [0.717, 1.165) is 11.3 Å². The molecule has 2 aromatic carbocycles. The quantitative estimate of drug-likeness (QED) is 0.487. The molecule has 170 valence electrons. The number of aromatic nitrogens is 2. The molecule has 0 saturated heterocycles. The van der Waals surface area contributed by atoms with Gasteiger partial charge in [0, 0.05) is 5.56 Å². The second kappa shape index (κ2) is 10.1. The van der Waals surface area contributed by atoms with Gasteiger partial charge in [0.2, 0.25) is 21.1 Å². The van der Waals surface area contributed by atoms with E-state index in [-0.39, 0.29) is 15.9 Å². The number of sulfonamides is 1. The largest absolute Gasteiger partial charge is 0.497 e. The molecular weight excluding hydrogens is 452 g/mol. The van der Waals surface area contributed by atoms with Crippen LogP contribution in [0.4, 0.5) is 5.13 Å². The molecule has 0 saturated carbocycles. The average molecular weight is 477 g/mol. The number of ether oxygens (including phenoxy) is 2. The molecule has 3 aromatic rings. The molecule has 3 rings (SSSR count). The van der Waals surface area contributed by atoms with Gasteiger partial charge in [0.15, 0.2) is 0 Å². The Labute approximate surface area is 190 Å². The molecule has 1 heterocycles. The minimum atomic E-state index is -3.92. The van der Waals surface area contributed by atoms with Crippen molar-refractivity contribution in [3.63, 3.8) is 0 Å². The normalized spacial score (nSPS) is 12.4. The zero-order valence-electron chi connectivity index (χ0n) is 18.0. The van der Waals surface area contributed by atoms with E-state index in [9.17, 15) is 13.2 Å². The summed E-state index contributed by atoms with van der Waals surface area (Å²) in [6, 6.07) is 12.2. The number of anilines is 1. The Morgan fingerprint density at radius 3 is 2.03 bits per heavy atom. The molecule has 9 nitrogen and oxygen atoms in total. The Morgan fingerprint density at radius 1 is 0.938 bits per heavy atom. The molecule has 0 aliphatic heterocycles. The first kappa shape index (κ1) is 23.6. The van der Waals surface area contributed by atoms with E-state index in [0.29, 0.717) is 10.8 Å². The molecule has 0 fully saturated rings. The zero-order chi connectivity index (χ0) is 23.3. The van der Waals surface area contributed by atoms with Crippen LogP contribution in [-0.4, -0.2) is 44.8 Å². The van der Waals surface area contributed by atoms with Crippen LogP contribution in [0, 0.1) is 5.92 Å². The molecular formula is C21H24N4O5S2. The number of rotatable bonds is 9. The summed E-state index contributed by atoms with van der Waals surface area (Å²) in [5, 5.41) is 11.7. The minimum Gasteiger partial charge on any atom is -0.497 e. The highest BCUT2D eigenvalue weighted by Gasteiger charge is 2.29. The number of carbonyl (C=O) groups is 1. The maximum atomic E-state index is 12.9. The maximum Gasteiger partial charge on any atom is 0.244 e. The predicted octanol–water partition coefficient (Wildman–Crippen LogP) is 3.16. The molecule has 0 unspecified atom stereocenters. The summed E-state index contributed by atoms with van der Waals surface area (Å²) in [6.45, 7) is 3.51. The molecule has 0 spiro atoms. The first-order chi connectivity index (χ1) is 15.2. The van der Waals surface area contributed by atoms with Gasteiger partial charge in [0.05, 0.1) is 19.1 Å². The highest BCUT2D eigenvalue weighted by atomic mass is 32.2. The van der Waals surface area contributed by atoms with Crippen LogP contribution in [0.3, 0.4) is 0 Å². The van der Waals surface area contributed by atoms with Crippen LogP contribution in [0.5, 0.6) is 11.5 Å². The summed E-state index contributed by atoms with van der Waals surface area (Å²) >= 11 is 1.19. The van der Waals surface area contributed by atoms with Crippen molar-refractivity contribution in [2.75, 3.05) is 19.5 Å².